The Balaban J connectivity index is 1.33. The topological polar surface area (TPSA) is 139 Å². The summed E-state index contributed by atoms with van der Waals surface area (Å²) in [6.45, 7) is 8.30. The molecule has 0 aliphatic carbocycles. The molecule has 1 aliphatic heterocycles. The molecular formula is C26H28FN7O4. The molecule has 12 heteroatoms. The molecule has 5 rings (SSSR count). The van der Waals surface area contributed by atoms with Crippen molar-refractivity contribution in [3.63, 3.8) is 0 Å². The summed E-state index contributed by atoms with van der Waals surface area (Å²) >= 11 is 0. The second-order valence-electron chi connectivity index (χ2n) is 10.3. The van der Waals surface area contributed by atoms with Crippen molar-refractivity contribution in [3.8, 4) is 17.0 Å². The van der Waals surface area contributed by atoms with Crippen LogP contribution in [-0.2, 0) is 16.8 Å². The Hall–Kier alpha value is -4.35. The number of carbonyl (C=O) groups is 2. The number of carbonyl (C=O) groups excluding carboxylic acids is 2. The Bertz CT molecular complexity index is 1510. The fraction of sp³-hybridized carbons (Fsp3) is 0.385. The van der Waals surface area contributed by atoms with Crippen LogP contribution in [0.4, 0.5) is 4.39 Å². The van der Waals surface area contributed by atoms with Crippen molar-refractivity contribution in [2.24, 2.45) is 0 Å². The van der Waals surface area contributed by atoms with Crippen LogP contribution in [0.5, 0.6) is 5.88 Å². The third kappa shape index (κ3) is 5.06. The van der Waals surface area contributed by atoms with Gasteiger partial charge in [0.05, 0.1) is 11.9 Å². The highest BCUT2D eigenvalue weighted by Crippen LogP contribution is 2.34. The number of ether oxygens (including phenoxy) is 1. The number of fused-ring (bicyclic) bond motifs is 1. The van der Waals surface area contributed by atoms with Crippen molar-refractivity contribution in [1.82, 2.24) is 35.5 Å². The Morgan fingerprint density at radius 2 is 2.11 bits per heavy atom. The minimum Gasteiger partial charge on any atom is -0.471 e. The summed E-state index contributed by atoms with van der Waals surface area (Å²) in [6.07, 6.45) is 2.11. The summed E-state index contributed by atoms with van der Waals surface area (Å²) in [4.78, 5) is 34.3. The molecule has 11 nitrogen and oxygen atoms in total. The van der Waals surface area contributed by atoms with E-state index in [4.69, 9.17) is 9.26 Å². The number of pyridine rings is 1. The lowest BCUT2D eigenvalue weighted by atomic mass is 9.96. The van der Waals surface area contributed by atoms with E-state index in [0.29, 0.717) is 58.9 Å². The quantitative estimate of drug-likeness (QED) is 0.394. The van der Waals surface area contributed by atoms with Crippen molar-refractivity contribution in [2.45, 2.75) is 52.2 Å². The highest BCUT2D eigenvalue weighted by Gasteiger charge is 2.28. The number of rotatable bonds is 6. The van der Waals surface area contributed by atoms with Crippen LogP contribution >= 0.6 is 0 Å². The molecule has 4 heterocycles. The van der Waals surface area contributed by atoms with Crippen LogP contribution in [-0.4, -0.2) is 61.2 Å². The van der Waals surface area contributed by atoms with Crippen LogP contribution < -0.4 is 10.1 Å². The van der Waals surface area contributed by atoms with E-state index in [-0.39, 0.29) is 29.9 Å². The zero-order valence-corrected chi connectivity index (χ0v) is 21.5. The van der Waals surface area contributed by atoms with Crippen molar-refractivity contribution < 1.29 is 23.2 Å². The Kier molecular flexibility index (Phi) is 6.55. The summed E-state index contributed by atoms with van der Waals surface area (Å²) in [5.74, 6) is -0.482. The smallest absolute Gasteiger partial charge is 0.315 e. The molecule has 1 fully saturated rings. The number of amides is 2. The number of hydrogen-bond donors (Lipinski definition) is 2. The van der Waals surface area contributed by atoms with Crippen LogP contribution in [0.2, 0.25) is 0 Å². The van der Waals surface area contributed by atoms with Gasteiger partial charge in [0.1, 0.15) is 11.9 Å². The van der Waals surface area contributed by atoms with Gasteiger partial charge in [-0.25, -0.2) is 9.37 Å². The average Bonchev–Trinajstić information content (AvgIpc) is 3.63. The number of H-pyrrole nitrogens is 1. The van der Waals surface area contributed by atoms with Crippen LogP contribution in [0, 0.1) is 5.82 Å². The lowest BCUT2D eigenvalue weighted by Gasteiger charge is -2.15. The lowest BCUT2D eigenvalue weighted by Crippen LogP contribution is -2.28. The number of nitrogens with one attached hydrogen (secondary N) is 2. The van der Waals surface area contributed by atoms with Gasteiger partial charge in [-0.15, -0.1) is 5.10 Å². The van der Waals surface area contributed by atoms with Gasteiger partial charge in [0.25, 0.3) is 0 Å². The third-order valence-electron chi connectivity index (χ3n) is 6.39. The van der Waals surface area contributed by atoms with Crippen LogP contribution in [0.15, 0.2) is 35.0 Å². The minimum atomic E-state index is -0.581. The first-order valence-electron chi connectivity index (χ1n) is 12.3. The number of hydrogen-bond acceptors (Lipinski definition) is 8. The van der Waals surface area contributed by atoms with E-state index >= 15 is 4.39 Å². The van der Waals surface area contributed by atoms with E-state index in [1.165, 1.54) is 13.0 Å². The lowest BCUT2D eigenvalue weighted by molar-refractivity contribution is -0.128. The molecule has 0 saturated carbocycles. The maximum absolute atomic E-state index is 15.1. The molecule has 2 amide bonds. The van der Waals surface area contributed by atoms with E-state index in [0.717, 1.165) is 0 Å². The second kappa shape index (κ2) is 9.84. The molecule has 38 heavy (non-hydrogen) atoms. The molecular weight excluding hydrogens is 493 g/mol. The molecule has 1 saturated heterocycles. The van der Waals surface area contributed by atoms with Gasteiger partial charge in [0, 0.05) is 43.6 Å². The number of benzene rings is 1. The van der Waals surface area contributed by atoms with Crippen molar-refractivity contribution in [2.75, 3.05) is 13.1 Å². The number of nitrogens with zero attached hydrogens (tertiary/aromatic N) is 5. The zero-order valence-electron chi connectivity index (χ0n) is 21.5. The van der Waals surface area contributed by atoms with E-state index in [1.54, 1.807) is 29.3 Å². The Morgan fingerprint density at radius 3 is 2.79 bits per heavy atom. The van der Waals surface area contributed by atoms with Gasteiger partial charge in [-0.05, 0) is 23.3 Å². The summed E-state index contributed by atoms with van der Waals surface area (Å²) in [5, 5.41) is 14.2. The largest absolute Gasteiger partial charge is 0.471 e. The molecule has 0 spiro atoms. The maximum Gasteiger partial charge on any atom is 0.315 e. The fourth-order valence-corrected chi connectivity index (χ4v) is 4.25. The molecule has 198 valence electrons. The first-order chi connectivity index (χ1) is 18.1. The molecule has 2 N–H and O–H groups in total. The van der Waals surface area contributed by atoms with Crippen LogP contribution in [0.1, 0.15) is 56.2 Å². The predicted molar refractivity (Wildman–Crippen MR) is 135 cm³/mol. The molecule has 1 atom stereocenters. The second-order valence-corrected chi connectivity index (χ2v) is 10.3. The normalized spacial score (nSPS) is 15.7. The number of aromatic amines is 1. The Labute approximate surface area is 217 Å². The van der Waals surface area contributed by atoms with Gasteiger partial charge in [0.2, 0.25) is 11.8 Å². The van der Waals surface area contributed by atoms with Crippen molar-refractivity contribution in [1.29, 1.82) is 0 Å². The summed E-state index contributed by atoms with van der Waals surface area (Å²) in [6, 6.07) is 6.52. The molecule has 4 aromatic rings. The first kappa shape index (κ1) is 25.3. The average molecular weight is 522 g/mol. The van der Waals surface area contributed by atoms with Crippen LogP contribution in [0.3, 0.4) is 0 Å². The SMILES string of the molecule is CC(=O)N1CCC(Oc2n[nH]c3nccc(-c4ccc(CNC(=O)c5nc(C(C)(C)C)no5)c(F)c4)c23)C1. The molecule has 3 aromatic heterocycles. The standard InChI is InChI=1S/C26H28FN7O4/c1-14(35)34-10-8-17(13-34)37-23-20-18(7-9-28-21(20)31-32-23)15-5-6-16(19(27)11-15)12-29-22(36)24-30-25(33-38-24)26(2,3)4/h5-7,9,11,17H,8,10,12-13H2,1-4H3,(H,29,36)(H,28,31,32). The molecule has 1 unspecified atom stereocenters. The van der Waals surface area contributed by atoms with E-state index in [9.17, 15) is 9.59 Å². The van der Waals surface area contributed by atoms with Crippen LogP contribution in [0.25, 0.3) is 22.2 Å². The fourth-order valence-electron chi connectivity index (χ4n) is 4.25. The summed E-state index contributed by atoms with van der Waals surface area (Å²) in [7, 11) is 0. The van der Waals surface area contributed by atoms with Gasteiger partial charge in [-0.1, -0.05) is 38.1 Å². The minimum absolute atomic E-state index is 0.00356. The number of likely N-dealkylation sites (tertiary alicyclic amines) is 1. The van der Waals surface area contributed by atoms with E-state index in [2.05, 4.69) is 30.6 Å². The van der Waals surface area contributed by atoms with Gasteiger partial charge in [-0.2, -0.15) is 4.98 Å². The molecule has 1 aliphatic rings. The van der Waals surface area contributed by atoms with Gasteiger partial charge >= 0.3 is 11.8 Å². The highest BCUT2D eigenvalue weighted by atomic mass is 19.1. The predicted octanol–water partition coefficient (Wildman–Crippen LogP) is 3.37. The third-order valence-corrected chi connectivity index (χ3v) is 6.39. The van der Waals surface area contributed by atoms with Crippen molar-refractivity contribution >= 4 is 22.8 Å². The van der Waals surface area contributed by atoms with Gasteiger partial charge in [-0.3, -0.25) is 14.7 Å². The summed E-state index contributed by atoms with van der Waals surface area (Å²) in [5.41, 5.74) is 1.72. The molecule has 0 bridgehead atoms. The van der Waals surface area contributed by atoms with Crippen molar-refractivity contribution in [3.05, 3.63) is 53.6 Å². The van der Waals surface area contributed by atoms with Gasteiger partial charge < -0.3 is 19.5 Å². The molecule has 1 aromatic carbocycles. The number of aromatic nitrogens is 5. The zero-order chi connectivity index (χ0) is 27.0. The van der Waals surface area contributed by atoms with E-state index < -0.39 is 11.7 Å². The number of halogens is 1. The highest BCUT2D eigenvalue weighted by molar-refractivity contribution is 5.96. The Morgan fingerprint density at radius 1 is 1.29 bits per heavy atom. The first-order valence-corrected chi connectivity index (χ1v) is 12.3. The van der Waals surface area contributed by atoms with Gasteiger partial charge in [0.15, 0.2) is 11.5 Å². The maximum atomic E-state index is 15.1. The monoisotopic (exact) mass is 521 g/mol. The van der Waals surface area contributed by atoms with E-state index in [1.807, 2.05) is 20.8 Å². The molecule has 0 radical (unpaired) electrons. The summed E-state index contributed by atoms with van der Waals surface area (Å²) < 4.78 is 26.3.